The van der Waals surface area contributed by atoms with E-state index in [-0.39, 0.29) is 0 Å². The number of piperidine rings is 1. The van der Waals surface area contributed by atoms with Crippen molar-refractivity contribution in [3.8, 4) is 0 Å². The first kappa shape index (κ1) is 12.2. The van der Waals surface area contributed by atoms with Crippen molar-refractivity contribution in [2.45, 2.75) is 19.8 Å². The fourth-order valence-corrected chi connectivity index (χ4v) is 3.13. The maximum atomic E-state index is 11.6. The van der Waals surface area contributed by atoms with Crippen LogP contribution in [0.4, 0.5) is 0 Å². The first-order valence-electron chi connectivity index (χ1n) is 4.91. The van der Waals surface area contributed by atoms with Gasteiger partial charge in [-0.05, 0) is 18.8 Å². The van der Waals surface area contributed by atoms with E-state index in [1.165, 1.54) is 4.31 Å². The standard InChI is InChI=1S/C8H17ClN2O2S/c1-2-10-14(12,13)11-5-3-8(7-9)4-6-11/h8,10H,2-7H2,1H3. The number of alkyl halides is 1. The monoisotopic (exact) mass is 240 g/mol. The minimum atomic E-state index is -3.22. The van der Waals surface area contributed by atoms with E-state index in [2.05, 4.69) is 4.72 Å². The van der Waals surface area contributed by atoms with Crippen molar-refractivity contribution < 1.29 is 8.42 Å². The molecule has 1 rings (SSSR count). The lowest BCUT2D eigenvalue weighted by Crippen LogP contribution is -2.45. The third-order valence-electron chi connectivity index (χ3n) is 2.46. The molecule has 0 aliphatic carbocycles. The average Bonchev–Trinajstić information content (AvgIpc) is 2.18. The zero-order chi connectivity index (χ0) is 10.6. The van der Waals surface area contributed by atoms with Gasteiger partial charge in [0.05, 0.1) is 0 Å². The Bertz CT molecular complexity index is 261. The van der Waals surface area contributed by atoms with Gasteiger partial charge in [-0.25, -0.2) is 4.72 Å². The Kier molecular flexibility index (Phi) is 4.63. The molecule has 0 amide bonds. The van der Waals surface area contributed by atoms with Crippen LogP contribution in [0.5, 0.6) is 0 Å². The molecule has 4 nitrogen and oxygen atoms in total. The average molecular weight is 241 g/mol. The quantitative estimate of drug-likeness (QED) is 0.739. The summed E-state index contributed by atoms with van der Waals surface area (Å²) in [7, 11) is -3.22. The fraction of sp³-hybridized carbons (Fsp3) is 1.00. The van der Waals surface area contributed by atoms with E-state index in [1.54, 1.807) is 6.92 Å². The molecule has 1 aliphatic rings. The smallest absolute Gasteiger partial charge is 0.202 e. The first-order chi connectivity index (χ1) is 6.60. The molecule has 0 aromatic rings. The summed E-state index contributed by atoms with van der Waals surface area (Å²) < 4.78 is 27.1. The van der Waals surface area contributed by atoms with Crippen molar-refractivity contribution in [2.24, 2.45) is 5.92 Å². The molecule has 0 bridgehead atoms. The highest BCUT2D eigenvalue weighted by Crippen LogP contribution is 2.19. The molecule has 14 heavy (non-hydrogen) atoms. The molecule has 1 N–H and O–H groups in total. The van der Waals surface area contributed by atoms with Crippen LogP contribution in [0.25, 0.3) is 0 Å². The molecule has 84 valence electrons. The molecule has 0 atom stereocenters. The van der Waals surface area contributed by atoms with Gasteiger partial charge in [0.1, 0.15) is 0 Å². The number of hydrogen-bond acceptors (Lipinski definition) is 2. The van der Waals surface area contributed by atoms with Gasteiger partial charge in [0.15, 0.2) is 0 Å². The minimum absolute atomic E-state index is 0.442. The molecule has 1 heterocycles. The number of halogens is 1. The maximum Gasteiger partial charge on any atom is 0.279 e. The SMILES string of the molecule is CCNS(=O)(=O)N1CCC(CCl)CC1. The summed E-state index contributed by atoms with van der Waals surface area (Å²) in [6.45, 7) is 3.40. The second kappa shape index (κ2) is 5.30. The molecule has 1 aliphatic heterocycles. The Morgan fingerprint density at radius 1 is 1.43 bits per heavy atom. The van der Waals surface area contributed by atoms with Crippen LogP contribution < -0.4 is 4.72 Å². The van der Waals surface area contributed by atoms with Crippen molar-refractivity contribution in [3.05, 3.63) is 0 Å². The van der Waals surface area contributed by atoms with Gasteiger partial charge < -0.3 is 0 Å². The van der Waals surface area contributed by atoms with Crippen LogP contribution in [-0.2, 0) is 10.2 Å². The van der Waals surface area contributed by atoms with Gasteiger partial charge in [0, 0.05) is 25.5 Å². The van der Waals surface area contributed by atoms with Crippen molar-refractivity contribution in [1.82, 2.24) is 9.03 Å². The van der Waals surface area contributed by atoms with E-state index in [4.69, 9.17) is 11.6 Å². The van der Waals surface area contributed by atoms with Crippen molar-refractivity contribution >= 4 is 21.8 Å². The van der Waals surface area contributed by atoms with Crippen LogP contribution in [0.15, 0.2) is 0 Å². The van der Waals surface area contributed by atoms with E-state index in [1.807, 2.05) is 0 Å². The van der Waals surface area contributed by atoms with E-state index < -0.39 is 10.2 Å². The second-order valence-corrected chi connectivity index (χ2v) is 5.56. The second-order valence-electron chi connectivity index (χ2n) is 3.50. The van der Waals surface area contributed by atoms with Crippen LogP contribution >= 0.6 is 11.6 Å². The lowest BCUT2D eigenvalue weighted by atomic mass is 10.0. The molecule has 0 radical (unpaired) electrons. The number of nitrogens with zero attached hydrogens (tertiary/aromatic N) is 1. The topological polar surface area (TPSA) is 49.4 Å². The third-order valence-corrected chi connectivity index (χ3v) is 4.59. The molecule has 0 aromatic heterocycles. The Morgan fingerprint density at radius 2 is 2.00 bits per heavy atom. The molecule has 0 spiro atoms. The molecule has 0 saturated carbocycles. The highest BCUT2D eigenvalue weighted by molar-refractivity contribution is 7.87. The predicted molar refractivity (Wildman–Crippen MR) is 57.6 cm³/mol. The number of nitrogens with one attached hydrogen (secondary N) is 1. The number of rotatable bonds is 4. The van der Waals surface area contributed by atoms with E-state index in [0.29, 0.717) is 31.4 Å². The van der Waals surface area contributed by atoms with Crippen LogP contribution in [0.2, 0.25) is 0 Å². The molecular formula is C8H17ClN2O2S. The van der Waals surface area contributed by atoms with Gasteiger partial charge in [-0.1, -0.05) is 6.92 Å². The van der Waals surface area contributed by atoms with E-state index in [9.17, 15) is 8.42 Å². The Labute approximate surface area is 90.8 Å². The van der Waals surface area contributed by atoms with Gasteiger partial charge in [-0.3, -0.25) is 0 Å². The van der Waals surface area contributed by atoms with Gasteiger partial charge in [0.2, 0.25) is 0 Å². The maximum absolute atomic E-state index is 11.6. The summed E-state index contributed by atoms with van der Waals surface area (Å²) in [4.78, 5) is 0. The van der Waals surface area contributed by atoms with Crippen LogP contribution in [0.3, 0.4) is 0 Å². The molecule has 1 saturated heterocycles. The van der Waals surface area contributed by atoms with Crippen LogP contribution in [-0.4, -0.2) is 38.2 Å². The molecule has 1 fully saturated rings. The third kappa shape index (κ3) is 3.08. The van der Waals surface area contributed by atoms with Crippen LogP contribution in [0, 0.1) is 5.92 Å². The molecule has 0 aromatic carbocycles. The lowest BCUT2D eigenvalue weighted by Gasteiger charge is -2.29. The first-order valence-corrected chi connectivity index (χ1v) is 6.88. The molecule has 6 heteroatoms. The molecule has 0 unspecified atom stereocenters. The predicted octanol–water partition coefficient (Wildman–Crippen LogP) is 0.792. The lowest BCUT2D eigenvalue weighted by molar-refractivity contribution is 0.287. The Hall–Kier alpha value is 0.160. The highest BCUT2D eigenvalue weighted by Gasteiger charge is 2.26. The van der Waals surface area contributed by atoms with Gasteiger partial charge in [-0.15, -0.1) is 11.6 Å². The summed E-state index contributed by atoms with van der Waals surface area (Å²) in [6, 6.07) is 0. The minimum Gasteiger partial charge on any atom is -0.202 e. The summed E-state index contributed by atoms with van der Waals surface area (Å²) in [5.74, 6) is 1.11. The summed E-state index contributed by atoms with van der Waals surface area (Å²) in [6.07, 6.45) is 1.74. The van der Waals surface area contributed by atoms with Gasteiger partial charge in [-0.2, -0.15) is 12.7 Å². The Balaban J connectivity index is 2.49. The number of hydrogen-bond donors (Lipinski definition) is 1. The van der Waals surface area contributed by atoms with Crippen LogP contribution in [0.1, 0.15) is 19.8 Å². The fourth-order valence-electron chi connectivity index (χ4n) is 1.58. The summed E-state index contributed by atoms with van der Waals surface area (Å²) in [5.41, 5.74) is 0. The van der Waals surface area contributed by atoms with Gasteiger partial charge >= 0.3 is 0 Å². The van der Waals surface area contributed by atoms with Crippen molar-refractivity contribution in [2.75, 3.05) is 25.5 Å². The summed E-state index contributed by atoms with van der Waals surface area (Å²) in [5, 5.41) is 0. The molecular weight excluding hydrogens is 224 g/mol. The zero-order valence-electron chi connectivity index (χ0n) is 8.37. The largest absolute Gasteiger partial charge is 0.279 e. The summed E-state index contributed by atoms with van der Waals surface area (Å²) >= 11 is 5.72. The zero-order valence-corrected chi connectivity index (χ0v) is 9.94. The van der Waals surface area contributed by atoms with Crippen molar-refractivity contribution in [3.63, 3.8) is 0 Å². The highest BCUT2D eigenvalue weighted by atomic mass is 35.5. The Morgan fingerprint density at radius 3 is 2.43 bits per heavy atom. The normalized spacial score (nSPS) is 21.3. The van der Waals surface area contributed by atoms with E-state index in [0.717, 1.165) is 12.8 Å². The van der Waals surface area contributed by atoms with Gasteiger partial charge in [0.25, 0.3) is 10.2 Å². The van der Waals surface area contributed by atoms with Crippen molar-refractivity contribution in [1.29, 1.82) is 0 Å². The van der Waals surface area contributed by atoms with E-state index >= 15 is 0 Å².